The van der Waals surface area contributed by atoms with Crippen molar-refractivity contribution >= 4 is 108 Å². The first-order valence-electron chi connectivity index (χ1n) is 23.0. The first-order valence-corrected chi connectivity index (χ1v) is 23.0. The summed E-state index contributed by atoms with van der Waals surface area (Å²) >= 11 is 0. The molecule has 0 atom stereocenters. The summed E-state index contributed by atoms with van der Waals surface area (Å²) in [5, 5.41) is 26.4. The molecule has 0 amide bonds. The quantitative estimate of drug-likeness (QED) is 0.127. The van der Waals surface area contributed by atoms with Gasteiger partial charge < -0.3 is 4.74 Å². The summed E-state index contributed by atoms with van der Waals surface area (Å²) in [6.07, 6.45) is 0. The van der Waals surface area contributed by atoms with Gasteiger partial charge in [-0.1, -0.05) is 182 Å². The van der Waals surface area contributed by atoms with Gasteiger partial charge in [0.25, 0.3) is 0 Å². The summed E-state index contributed by atoms with van der Waals surface area (Å²) in [4.78, 5) is 0. The molecule has 0 aromatic heterocycles. The molecule has 15 aromatic rings. The summed E-state index contributed by atoms with van der Waals surface area (Å²) in [6, 6.07) is 75.2. The van der Waals surface area contributed by atoms with Crippen LogP contribution < -0.4 is 4.74 Å². The average molecular weight is 833 g/mol. The Balaban J connectivity index is 1.03. The molecule has 0 unspecified atom stereocenters. The van der Waals surface area contributed by atoms with Crippen molar-refractivity contribution in [2.24, 2.45) is 0 Å². The highest BCUT2D eigenvalue weighted by molar-refractivity contribution is 6.52. The van der Waals surface area contributed by atoms with E-state index < -0.39 is 0 Å². The Morgan fingerprint density at radius 2 is 0.712 bits per heavy atom. The number of hydrogen-bond acceptors (Lipinski definition) is 1. The van der Waals surface area contributed by atoms with Crippen LogP contribution in [0.5, 0.6) is 5.75 Å². The lowest BCUT2D eigenvalue weighted by atomic mass is 9.87. The Kier molecular flexibility index (Phi) is 6.55. The van der Waals surface area contributed by atoms with Crippen LogP contribution in [0, 0.1) is 0 Å². The number of ether oxygens (including phenoxy) is 1. The van der Waals surface area contributed by atoms with Gasteiger partial charge in [-0.3, -0.25) is 0 Å². The second-order valence-corrected chi connectivity index (χ2v) is 18.5. The first kappa shape index (κ1) is 34.9. The summed E-state index contributed by atoms with van der Waals surface area (Å²) in [5.74, 6) is 0.886. The molecule has 0 radical (unpaired) electrons. The topological polar surface area (TPSA) is 9.23 Å². The van der Waals surface area contributed by atoms with Crippen LogP contribution in [-0.4, -0.2) is 7.11 Å². The van der Waals surface area contributed by atoms with E-state index in [-0.39, 0.29) is 0 Å². The summed E-state index contributed by atoms with van der Waals surface area (Å²) < 4.78 is 6.22. The normalized spacial score (nSPS) is 12.6. The Hall–Kier alpha value is -8.52. The number of para-hydroxylation sites is 1. The van der Waals surface area contributed by atoms with E-state index in [2.05, 4.69) is 200 Å². The van der Waals surface area contributed by atoms with Crippen LogP contribution in [0.3, 0.4) is 0 Å². The molecule has 1 nitrogen and oxygen atoms in total. The van der Waals surface area contributed by atoms with Gasteiger partial charge in [-0.15, -0.1) is 0 Å². The van der Waals surface area contributed by atoms with E-state index in [1.165, 1.54) is 158 Å². The van der Waals surface area contributed by atoms with Crippen LogP contribution in [0.15, 0.2) is 200 Å². The van der Waals surface area contributed by atoms with Crippen LogP contribution in [0.2, 0.25) is 0 Å². The predicted octanol–water partition coefficient (Wildman–Crippen LogP) is 18.2. The van der Waals surface area contributed by atoms with Gasteiger partial charge in [0, 0.05) is 11.1 Å². The van der Waals surface area contributed by atoms with Crippen molar-refractivity contribution in [1.82, 2.24) is 0 Å². The van der Waals surface area contributed by atoms with Gasteiger partial charge in [0.15, 0.2) is 0 Å². The maximum Gasteiger partial charge on any atom is 0.126 e. The lowest BCUT2D eigenvalue weighted by Gasteiger charge is -2.16. The van der Waals surface area contributed by atoms with Gasteiger partial charge in [-0.2, -0.15) is 0 Å². The van der Waals surface area contributed by atoms with Crippen LogP contribution in [0.25, 0.3) is 163 Å². The molecular formula is C65H36O. The fourth-order valence-electron chi connectivity index (χ4n) is 13.0. The van der Waals surface area contributed by atoms with Crippen molar-refractivity contribution in [3.05, 3.63) is 200 Å². The highest BCUT2D eigenvalue weighted by Crippen LogP contribution is 2.58. The minimum absolute atomic E-state index is 0.886. The molecule has 0 spiro atoms. The van der Waals surface area contributed by atoms with E-state index in [9.17, 15) is 0 Å². The van der Waals surface area contributed by atoms with E-state index >= 15 is 0 Å². The van der Waals surface area contributed by atoms with E-state index in [1.54, 1.807) is 7.11 Å². The SMILES string of the molecule is COc1ccccc1-c1c2cc3ccccc3c3c4ccccc4c(c4c5ccc6c7ccc8c9c(ccc(c%10ccc(c14)c5c%106)c97)-c1ccc(-c4ccccc4-c4ccccc4)cc1-8)c23. The van der Waals surface area contributed by atoms with E-state index in [0.29, 0.717) is 0 Å². The lowest BCUT2D eigenvalue weighted by Crippen LogP contribution is -1.91. The highest BCUT2D eigenvalue weighted by Gasteiger charge is 2.30. The minimum atomic E-state index is 0.886. The largest absolute Gasteiger partial charge is 0.496 e. The molecule has 0 saturated heterocycles. The van der Waals surface area contributed by atoms with Crippen molar-refractivity contribution in [3.8, 4) is 61.4 Å². The second kappa shape index (κ2) is 12.4. The zero-order chi connectivity index (χ0) is 42.9. The lowest BCUT2D eigenvalue weighted by molar-refractivity contribution is 0.416. The van der Waals surface area contributed by atoms with E-state index in [0.717, 1.165) is 11.3 Å². The fourth-order valence-corrected chi connectivity index (χ4v) is 13.0. The zero-order valence-electron chi connectivity index (χ0n) is 36.0. The van der Waals surface area contributed by atoms with Gasteiger partial charge in [0.1, 0.15) is 5.75 Å². The molecule has 16 rings (SSSR count). The second-order valence-electron chi connectivity index (χ2n) is 18.5. The van der Waals surface area contributed by atoms with Gasteiger partial charge in [-0.25, -0.2) is 0 Å². The predicted molar refractivity (Wildman–Crippen MR) is 282 cm³/mol. The van der Waals surface area contributed by atoms with E-state index in [1.807, 2.05) is 0 Å². The number of rotatable bonds is 4. The first-order chi connectivity index (χ1) is 32.7. The van der Waals surface area contributed by atoms with Crippen LogP contribution in [-0.2, 0) is 0 Å². The number of hydrogen-bond donors (Lipinski definition) is 0. The van der Waals surface area contributed by atoms with Gasteiger partial charge in [0.2, 0.25) is 0 Å². The fraction of sp³-hybridized carbons (Fsp3) is 0.0154. The molecule has 302 valence electrons. The molecule has 1 heteroatoms. The molecule has 0 aliphatic heterocycles. The molecule has 0 N–H and O–H groups in total. The van der Waals surface area contributed by atoms with Crippen LogP contribution >= 0.6 is 0 Å². The summed E-state index contributed by atoms with van der Waals surface area (Å²) in [5.41, 5.74) is 12.6. The molecule has 0 fully saturated rings. The van der Waals surface area contributed by atoms with Crippen molar-refractivity contribution in [2.45, 2.75) is 0 Å². The minimum Gasteiger partial charge on any atom is -0.496 e. The third kappa shape index (κ3) is 4.18. The number of methoxy groups -OCH3 is 1. The van der Waals surface area contributed by atoms with Crippen LogP contribution in [0.1, 0.15) is 0 Å². The van der Waals surface area contributed by atoms with Crippen molar-refractivity contribution in [1.29, 1.82) is 0 Å². The summed E-state index contributed by atoms with van der Waals surface area (Å²) in [7, 11) is 1.80. The molecule has 0 bridgehead atoms. The third-order valence-electron chi connectivity index (χ3n) is 15.5. The van der Waals surface area contributed by atoms with Gasteiger partial charge >= 0.3 is 0 Å². The Morgan fingerprint density at radius 3 is 1.45 bits per heavy atom. The molecule has 66 heavy (non-hydrogen) atoms. The molecule has 0 heterocycles. The molecular weight excluding hydrogens is 797 g/mol. The molecule has 15 aromatic carbocycles. The molecule has 1 aliphatic carbocycles. The van der Waals surface area contributed by atoms with Crippen molar-refractivity contribution < 1.29 is 4.74 Å². The standard InChI is InChI=1S/C65H36O/c1-66-55-22-12-11-21-50(55)60-54-34-36-15-5-6-18-40(36)56-42-19-9-10-20-43(42)62(65(54)56)64-52-32-30-48-46-27-28-49-53-33-37(39-17-8-7-16-38(39)35-13-3-2-4-14-35)23-24-41(53)44-25-26-45(58(46)57(44)49)47-29-31-51(63(60)64)61(52)59(47)48/h2-34H,1H3. The monoisotopic (exact) mass is 832 g/mol. The molecule has 1 aliphatic rings. The number of fused-ring (bicyclic) bond motifs is 14. The zero-order valence-corrected chi connectivity index (χ0v) is 36.0. The Bertz CT molecular complexity index is 4570. The Labute approximate surface area is 379 Å². The highest BCUT2D eigenvalue weighted by atomic mass is 16.5. The maximum atomic E-state index is 6.22. The van der Waals surface area contributed by atoms with Crippen molar-refractivity contribution in [2.75, 3.05) is 7.11 Å². The average Bonchev–Trinajstić information content (AvgIpc) is 4.02. The summed E-state index contributed by atoms with van der Waals surface area (Å²) in [6.45, 7) is 0. The number of benzene rings is 13. The van der Waals surface area contributed by atoms with Crippen LogP contribution in [0.4, 0.5) is 0 Å². The van der Waals surface area contributed by atoms with Gasteiger partial charge in [0.05, 0.1) is 7.11 Å². The molecule has 0 saturated carbocycles. The maximum absolute atomic E-state index is 6.22. The van der Waals surface area contributed by atoms with Crippen molar-refractivity contribution in [3.63, 3.8) is 0 Å². The van der Waals surface area contributed by atoms with E-state index in [4.69, 9.17) is 4.74 Å². The smallest absolute Gasteiger partial charge is 0.126 e. The third-order valence-corrected chi connectivity index (χ3v) is 15.5. The Morgan fingerprint density at radius 1 is 0.242 bits per heavy atom. The van der Waals surface area contributed by atoms with Gasteiger partial charge in [-0.05, 0) is 170 Å².